The highest BCUT2D eigenvalue weighted by molar-refractivity contribution is 5.93. The number of para-hydroxylation sites is 3. The van der Waals surface area contributed by atoms with Gasteiger partial charge in [-0.15, -0.1) is 0 Å². The van der Waals surface area contributed by atoms with Crippen molar-refractivity contribution in [2.75, 3.05) is 24.5 Å². The van der Waals surface area contributed by atoms with Crippen LogP contribution in [0.25, 0.3) is 16.7 Å². The van der Waals surface area contributed by atoms with Crippen molar-refractivity contribution in [2.24, 2.45) is 0 Å². The fourth-order valence-electron chi connectivity index (χ4n) is 4.96. The summed E-state index contributed by atoms with van der Waals surface area (Å²) in [7, 11) is 0. The fraction of sp³-hybridized carbons (Fsp3) is 0.407. The number of hydrogen-bond acceptors (Lipinski definition) is 3. The molecule has 0 atom stereocenters. The SMILES string of the molecule is C=C(C)n1c(=O)n(CCCN2CCC(N(C(=O)CC)c3ccccc3)CC2)c2ccccc21. The summed E-state index contributed by atoms with van der Waals surface area (Å²) >= 11 is 0. The first-order chi connectivity index (χ1) is 16.0. The normalized spacial score (nSPS) is 15.1. The lowest BCUT2D eigenvalue weighted by atomic mass is 10.0. The molecule has 0 unspecified atom stereocenters. The number of amides is 1. The van der Waals surface area contributed by atoms with Crippen molar-refractivity contribution in [2.45, 2.75) is 52.1 Å². The van der Waals surface area contributed by atoms with Gasteiger partial charge in [0.05, 0.1) is 11.0 Å². The van der Waals surface area contributed by atoms with Crippen molar-refractivity contribution < 1.29 is 4.79 Å². The molecule has 4 rings (SSSR count). The lowest BCUT2D eigenvalue weighted by molar-refractivity contribution is -0.119. The molecule has 0 spiro atoms. The maximum atomic E-state index is 13.0. The Morgan fingerprint density at radius 2 is 1.64 bits per heavy atom. The number of nitrogens with zero attached hydrogens (tertiary/aromatic N) is 4. The molecule has 174 valence electrons. The van der Waals surface area contributed by atoms with Crippen LogP contribution in [0.4, 0.5) is 5.69 Å². The molecule has 1 aliphatic heterocycles. The lowest BCUT2D eigenvalue weighted by Crippen LogP contribution is -2.47. The van der Waals surface area contributed by atoms with Crippen LogP contribution in [0.3, 0.4) is 0 Å². The molecule has 1 aliphatic rings. The molecule has 0 aliphatic carbocycles. The fourth-order valence-corrected chi connectivity index (χ4v) is 4.96. The summed E-state index contributed by atoms with van der Waals surface area (Å²) in [4.78, 5) is 30.1. The number of rotatable bonds is 8. The molecule has 0 saturated carbocycles. The van der Waals surface area contributed by atoms with Gasteiger partial charge in [-0.25, -0.2) is 4.79 Å². The van der Waals surface area contributed by atoms with E-state index in [1.807, 2.05) is 77.9 Å². The number of piperidine rings is 1. The van der Waals surface area contributed by atoms with Gasteiger partial charge >= 0.3 is 5.69 Å². The number of aromatic nitrogens is 2. The zero-order valence-corrected chi connectivity index (χ0v) is 19.7. The smallest absolute Gasteiger partial charge is 0.309 e. The van der Waals surface area contributed by atoms with Gasteiger partial charge in [-0.3, -0.25) is 13.9 Å². The second-order valence-corrected chi connectivity index (χ2v) is 8.87. The molecule has 0 radical (unpaired) electrons. The molecule has 1 saturated heterocycles. The van der Waals surface area contributed by atoms with Crippen LogP contribution in [-0.2, 0) is 11.3 Å². The number of hydrogen-bond donors (Lipinski definition) is 0. The summed E-state index contributed by atoms with van der Waals surface area (Å²) in [5.74, 6) is 0.188. The Balaban J connectivity index is 1.37. The Labute approximate surface area is 195 Å². The Hall–Kier alpha value is -3.12. The number of benzene rings is 2. The van der Waals surface area contributed by atoms with Gasteiger partial charge in [-0.2, -0.15) is 0 Å². The van der Waals surface area contributed by atoms with Crippen molar-refractivity contribution in [3.63, 3.8) is 0 Å². The third-order valence-corrected chi connectivity index (χ3v) is 6.60. The predicted octanol–water partition coefficient (Wildman–Crippen LogP) is 4.59. The van der Waals surface area contributed by atoms with Crippen molar-refractivity contribution in [1.29, 1.82) is 0 Å². The molecular weight excluding hydrogens is 412 g/mol. The summed E-state index contributed by atoms with van der Waals surface area (Å²) in [6.07, 6.45) is 3.36. The quantitative estimate of drug-likeness (QED) is 0.508. The van der Waals surface area contributed by atoms with Crippen molar-refractivity contribution in [1.82, 2.24) is 14.0 Å². The van der Waals surface area contributed by atoms with Gasteiger partial charge in [0.15, 0.2) is 0 Å². The van der Waals surface area contributed by atoms with Crippen LogP contribution in [0.2, 0.25) is 0 Å². The second kappa shape index (κ2) is 10.2. The first-order valence-corrected chi connectivity index (χ1v) is 12.0. The number of aryl methyl sites for hydroxylation is 1. The Morgan fingerprint density at radius 3 is 2.27 bits per heavy atom. The van der Waals surface area contributed by atoms with Gasteiger partial charge in [-0.05, 0) is 57.0 Å². The van der Waals surface area contributed by atoms with E-state index in [1.54, 1.807) is 4.57 Å². The van der Waals surface area contributed by atoms with E-state index in [-0.39, 0.29) is 17.6 Å². The minimum absolute atomic E-state index is 0.0148. The van der Waals surface area contributed by atoms with E-state index in [4.69, 9.17) is 0 Å². The topological polar surface area (TPSA) is 50.5 Å². The largest absolute Gasteiger partial charge is 0.333 e. The van der Waals surface area contributed by atoms with Crippen LogP contribution in [0, 0.1) is 0 Å². The van der Waals surface area contributed by atoms with Gasteiger partial charge in [0.2, 0.25) is 5.91 Å². The van der Waals surface area contributed by atoms with E-state index in [2.05, 4.69) is 11.5 Å². The summed E-state index contributed by atoms with van der Waals surface area (Å²) in [5, 5.41) is 0. The second-order valence-electron chi connectivity index (χ2n) is 8.87. The third-order valence-electron chi connectivity index (χ3n) is 6.60. The van der Waals surface area contributed by atoms with E-state index in [9.17, 15) is 9.59 Å². The Morgan fingerprint density at radius 1 is 1.00 bits per heavy atom. The van der Waals surface area contributed by atoms with Gasteiger partial charge in [0.25, 0.3) is 0 Å². The maximum Gasteiger partial charge on any atom is 0.333 e. The van der Waals surface area contributed by atoms with Crippen LogP contribution < -0.4 is 10.6 Å². The molecule has 33 heavy (non-hydrogen) atoms. The molecule has 0 N–H and O–H groups in total. The lowest BCUT2D eigenvalue weighted by Gasteiger charge is -2.38. The number of carbonyl (C=O) groups is 1. The van der Waals surface area contributed by atoms with E-state index in [0.29, 0.717) is 13.0 Å². The number of imidazole rings is 1. The van der Waals surface area contributed by atoms with E-state index in [1.165, 1.54) is 0 Å². The first kappa shape index (κ1) is 23.1. The van der Waals surface area contributed by atoms with Crippen LogP contribution in [0.15, 0.2) is 66.0 Å². The van der Waals surface area contributed by atoms with Gasteiger partial charge in [0.1, 0.15) is 0 Å². The van der Waals surface area contributed by atoms with E-state index in [0.717, 1.165) is 61.3 Å². The highest BCUT2D eigenvalue weighted by Gasteiger charge is 2.28. The van der Waals surface area contributed by atoms with Crippen LogP contribution in [-0.4, -0.2) is 45.6 Å². The molecule has 2 aromatic carbocycles. The highest BCUT2D eigenvalue weighted by Crippen LogP contribution is 2.25. The molecule has 6 nitrogen and oxygen atoms in total. The summed E-state index contributed by atoms with van der Waals surface area (Å²) in [6.45, 7) is 11.3. The van der Waals surface area contributed by atoms with Gasteiger partial charge in [-0.1, -0.05) is 43.8 Å². The van der Waals surface area contributed by atoms with Crippen LogP contribution in [0.5, 0.6) is 0 Å². The summed E-state index contributed by atoms with van der Waals surface area (Å²) in [6, 6.07) is 18.2. The molecular formula is C27H34N4O2. The monoisotopic (exact) mass is 446 g/mol. The number of likely N-dealkylation sites (tertiary alicyclic amines) is 1. The minimum Gasteiger partial charge on any atom is -0.309 e. The predicted molar refractivity (Wildman–Crippen MR) is 135 cm³/mol. The number of allylic oxidation sites excluding steroid dienone is 1. The highest BCUT2D eigenvalue weighted by atomic mass is 16.2. The van der Waals surface area contributed by atoms with Gasteiger partial charge in [0, 0.05) is 43.5 Å². The maximum absolute atomic E-state index is 13.0. The van der Waals surface area contributed by atoms with E-state index < -0.39 is 0 Å². The Kier molecular flexibility index (Phi) is 7.14. The third kappa shape index (κ3) is 4.81. The number of fused-ring (bicyclic) bond motifs is 1. The average Bonchev–Trinajstić information content (AvgIpc) is 3.12. The molecule has 1 aromatic heterocycles. The number of anilines is 1. The van der Waals surface area contributed by atoms with Crippen molar-refractivity contribution in [3.8, 4) is 0 Å². The van der Waals surface area contributed by atoms with E-state index >= 15 is 0 Å². The molecule has 1 amide bonds. The first-order valence-electron chi connectivity index (χ1n) is 12.0. The molecule has 1 fully saturated rings. The standard InChI is InChI=1S/C27H34N4O2/c1-4-26(32)31(22-11-6-5-7-12-22)23-15-19-28(20-16-23)17-10-18-29-24-13-8-9-14-25(24)30(21(2)3)27(29)33/h5-9,11-14,23H,2,4,10,15-20H2,1,3H3. The molecule has 2 heterocycles. The number of carbonyl (C=O) groups excluding carboxylic acids is 1. The van der Waals surface area contributed by atoms with Crippen molar-refractivity contribution in [3.05, 3.63) is 71.7 Å². The Bertz CT molecular complexity index is 1170. The van der Waals surface area contributed by atoms with Crippen LogP contribution in [0.1, 0.15) is 39.5 Å². The molecule has 6 heteroatoms. The summed E-state index contributed by atoms with van der Waals surface area (Å²) < 4.78 is 3.57. The zero-order chi connectivity index (χ0) is 23.4. The van der Waals surface area contributed by atoms with Crippen LogP contribution >= 0.6 is 0 Å². The summed E-state index contributed by atoms with van der Waals surface area (Å²) in [5.41, 5.74) is 3.59. The average molecular weight is 447 g/mol. The molecule has 3 aromatic rings. The van der Waals surface area contributed by atoms with Crippen molar-refractivity contribution >= 4 is 28.3 Å². The zero-order valence-electron chi connectivity index (χ0n) is 19.7. The minimum atomic E-state index is -0.0148. The van der Waals surface area contributed by atoms with Gasteiger partial charge < -0.3 is 9.80 Å². The molecule has 0 bridgehead atoms.